The van der Waals surface area contributed by atoms with Gasteiger partial charge in [0.1, 0.15) is 5.75 Å². The smallest absolute Gasteiger partial charge is 0.142 e. The van der Waals surface area contributed by atoms with Crippen molar-refractivity contribution in [3.05, 3.63) is 24.0 Å². The second kappa shape index (κ2) is 4.42. The second-order valence-electron chi connectivity index (χ2n) is 3.80. The van der Waals surface area contributed by atoms with Crippen LogP contribution < -0.4 is 10.5 Å². The van der Waals surface area contributed by atoms with Gasteiger partial charge in [-0.15, -0.1) is 0 Å². The van der Waals surface area contributed by atoms with Gasteiger partial charge in [-0.1, -0.05) is 6.42 Å². The van der Waals surface area contributed by atoms with Crippen molar-refractivity contribution in [1.29, 1.82) is 0 Å². The SMILES string of the molecule is NCc1ccncc1OCC1CCC1. The number of nitrogens with zero attached hydrogens (tertiary/aromatic N) is 1. The molecule has 14 heavy (non-hydrogen) atoms. The standard InChI is InChI=1S/C11H16N2O/c12-6-10-4-5-13-7-11(10)14-8-9-2-1-3-9/h4-5,7,9H,1-3,6,8,12H2. The maximum absolute atomic E-state index is 5.69. The summed E-state index contributed by atoms with van der Waals surface area (Å²) in [6, 6.07) is 1.91. The molecule has 3 nitrogen and oxygen atoms in total. The molecule has 1 aliphatic carbocycles. The van der Waals surface area contributed by atoms with Crippen molar-refractivity contribution in [3.8, 4) is 5.75 Å². The first-order chi connectivity index (χ1) is 6.90. The normalized spacial score (nSPS) is 16.4. The summed E-state index contributed by atoms with van der Waals surface area (Å²) in [5.74, 6) is 1.60. The highest BCUT2D eigenvalue weighted by atomic mass is 16.5. The van der Waals surface area contributed by atoms with E-state index >= 15 is 0 Å². The summed E-state index contributed by atoms with van der Waals surface area (Å²) in [6.45, 7) is 1.33. The van der Waals surface area contributed by atoms with E-state index in [1.165, 1.54) is 19.3 Å². The van der Waals surface area contributed by atoms with Crippen LogP contribution in [0.5, 0.6) is 5.75 Å². The molecule has 1 aromatic rings. The van der Waals surface area contributed by atoms with Crippen LogP contribution in [-0.2, 0) is 6.54 Å². The first-order valence-corrected chi connectivity index (χ1v) is 5.16. The highest BCUT2D eigenvalue weighted by Gasteiger charge is 2.18. The number of nitrogens with two attached hydrogens (primary N) is 1. The fourth-order valence-corrected chi connectivity index (χ4v) is 1.57. The van der Waals surface area contributed by atoms with Gasteiger partial charge in [-0.3, -0.25) is 4.98 Å². The minimum atomic E-state index is 0.516. The lowest BCUT2D eigenvalue weighted by molar-refractivity contribution is 0.179. The first kappa shape index (κ1) is 9.46. The Labute approximate surface area is 84.3 Å². The lowest BCUT2D eigenvalue weighted by Crippen LogP contribution is -2.19. The van der Waals surface area contributed by atoms with E-state index in [4.69, 9.17) is 10.5 Å². The first-order valence-electron chi connectivity index (χ1n) is 5.16. The molecule has 0 atom stereocenters. The molecule has 0 saturated heterocycles. The molecule has 1 aliphatic rings. The molecule has 2 N–H and O–H groups in total. The van der Waals surface area contributed by atoms with Crippen LogP contribution in [0.25, 0.3) is 0 Å². The molecular weight excluding hydrogens is 176 g/mol. The van der Waals surface area contributed by atoms with Gasteiger partial charge in [0, 0.05) is 18.3 Å². The van der Waals surface area contributed by atoms with Crippen LogP contribution in [0, 0.1) is 5.92 Å². The molecule has 0 bridgehead atoms. The van der Waals surface area contributed by atoms with Gasteiger partial charge in [-0.25, -0.2) is 0 Å². The number of rotatable bonds is 4. The van der Waals surface area contributed by atoms with Gasteiger partial charge in [0.15, 0.2) is 0 Å². The molecule has 1 heterocycles. The van der Waals surface area contributed by atoms with Crippen LogP contribution in [0.1, 0.15) is 24.8 Å². The summed E-state index contributed by atoms with van der Waals surface area (Å²) < 4.78 is 5.69. The van der Waals surface area contributed by atoms with Crippen LogP contribution >= 0.6 is 0 Å². The van der Waals surface area contributed by atoms with Gasteiger partial charge in [0.25, 0.3) is 0 Å². The maximum Gasteiger partial charge on any atom is 0.142 e. The van der Waals surface area contributed by atoms with E-state index in [2.05, 4.69) is 4.98 Å². The van der Waals surface area contributed by atoms with E-state index in [-0.39, 0.29) is 0 Å². The minimum absolute atomic E-state index is 0.516. The van der Waals surface area contributed by atoms with Crippen molar-refractivity contribution in [1.82, 2.24) is 4.98 Å². The van der Waals surface area contributed by atoms with Crippen LogP contribution in [-0.4, -0.2) is 11.6 Å². The molecule has 0 aromatic carbocycles. The molecule has 2 rings (SSSR count). The van der Waals surface area contributed by atoms with Gasteiger partial charge in [-0.2, -0.15) is 0 Å². The number of ether oxygens (including phenoxy) is 1. The zero-order valence-corrected chi connectivity index (χ0v) is 8.28. The maximum atomic E-state index is 5.69. The fourth-order valence-electron chi connectivity index (χ4n) is 1.57. The summed E-state index contributed by atoms with van der Waals surface area (Å²) in [7, 11) is 0. The van der Waals surface area contributed by atoms with E-state index in [1.807, 2.05) is 6.07 Å². The molecule has 1 saturated carbocycles. The van der Waals surface area contributed by atoms with Crippen molar-refractivity contribution in [2.45, 2.75) is 25.8 Å². The van der Waals surface area contributed by atoms with Gasteiger partial charge >= 0.3 is 0 Å². The predicted octanol–water partition coefficient (Wildman–Crippen LogP) is 1.72. The topological polar surface area (TPSA) is 48.1 Å². The zero-order valence-electron chi connectivity index (χ0n) is 8.28. The number of hydrogen-bond acceptors (Lipinski definition) is 3. The quantitative estimate of drug-likeness (QED) is 0.790. The second-order valence-corrected chi connectivity index (χ2v) is 3.80. The largest absolute Gasteiger partial charge is 0.491 e. The van der Waals surface area contributed by atoms with E-state index in [0.29, 0.717) is 6.54 Å². The van der Waals surface area contributed by atoms with Crippen molar-refractivity contribution >= 4 is 0 Å². The Morgan fingerprint density at radius 1 is 1.50 bits per heavy atom. The van der Waals surface area contributed by atoms with Gasteiger partial charge < -0.3 is 10.5 Å². The lowest BCUT2D eigenvalue weighted by Gasteiger charge is -2.25. The highest BCUT2D eigenvalue weighted by molar-refractivity contribution is 5.29. The Kier molecular flexibility index (Phi) is 2.99. The summed E-state index contributed by atoms with van der Waals surface area (Å²) in [5, 5.41) is 0. The van der Waals surface area contributed by atoms with Gasteiger partial charge in [0.2, 0.25) is 0 Å². The van der Waals surface area contributed by atoms with Gasteiger partial charge in [-0.05, 0) is 24.8 Å². The number of hydrogen-bond donors (Lipinski definition) is 1. The molecule has 76 valence electrons. The van der Waals surface area contributed by atoms with Crippen LogP contribution in [0.15, 0.2) is 18.5 Å². The Morgan fingerprint density at radius 3 is 3.00 bits per heavy atom. The summed E-state index contributed by atoms with van der Waals surface area (Å²) in [5.41, 5.74) is 6.64. The van der Waals surface area contributed by atoms with Crippen molar-refractivity contribution in [2.75, 3.05) is 6.61 Å². The Balaban J connectivity index is 1.93. The van der Waals surface area contributed by atoms with Crippen LogP contribution in [0.2, 0.25) is 0 Å². The number of pyridine rings is 1. The Morgan fingerprint density at radius 2 is 2.36 bits per heavy atom. The van der Waals surface area contributed by atoms with E-state index in [9.17, 15) is 0 Å². The average molecular weight is 192 g/mol. The molecule has 1 fully saturated rings. The Bertz CT molecular complexity index is 297. The molecule has 3 heteroatoms. The third-order valence-electron chi connectivity index (χ3n) is 2.79. The van der Waals surface area contributed by atoms with Crippen molar-refractivity contribution < 1.29 is 4.74 Å². The molecule has 0 aliphatic heterocycles. The molecule has 0 unspecified atom stereocenters. The minimum Gasteiger partial charge on any atom is -0.491 e. The summed E-state index contributed by atoms with van der Waals surface area (Å²) >= 11 is 0. The van der Waals surface area contributed by atoms with Gasteiger partial charge in [0.05, 0.1) is 12.8 Å². The monoisotopic (exact) mass is 192 g/mol. The lowest BCUT2D eigenvalue weighted by atomic mass is 9.86. The van der Waals surface area contributed by atoms with Crippen LogP contribution in [0.4, 0.5) is 0 Å². The average Bonchev–Trinajstić information content (AvgIpc) is 2.16. The van der Waals surface area contributed by atoms with Crippen molar-refractivity contribution in [3.63, 3.8) is 0 Å². The molecular formula is C11H16N2O. The summed E-state index contributed by atoms with van der Waals surface area (Å²) in [4.78, 5) is 4.03. The zero-order chi connectivity index (χ0) is 9.80. The van der Waals surface area contributed by atoms with Crippen LogP contribution in [0.3, 0.4) is 0 Å². The van der Waals surface area contributed by atoms with E-state index in [1.54, 1.807) is 12.4 Å². The Hall–Kier alpha value is -1.09. The van der Waals surface area contributed by atoms with Crippen molar-refractivity contribution in [2.24, 2.45) is 11.7 Å². The number of aromatic nitrogens is 1. The molecule has 0 amide bonds. The predicted molar refractivity (Wildman–Crippen MR) is 55.0 cm³/mol. The molecule has 1 aromatic heterocycles. The van der Waals surface area contributed by atoms with E-state index < -0.39 is 0 Å². The molecule has 0 spiro atoms. The summed E-state index contributed by atoms with van der Waals surface area (Å²) in [6.07, 6.45) is 7.46. The third-order valence-corrected chi connectivity index (χ3v) is 2.79. The highest BCUT2D eigenvalue weighted by Crippen LogP contribution is 2.27. The van der Waals surface area contributed by atoms with E-state index in [0.717, 1.165) is 23.8 Å². The third kappa shape index (κ3) is 2.04. The fraction of sp³-hybridized carbons (Fsp3) is 0.545. The molecule has 0 radical (unpaired) electrons.